The van der Waals surface area contributed by atoms with Crippen LogP contribution in [0.4, 0.5) is 16.2 Å². The first-order valence-corrected chi connectivity index (χ1v) is 9.96. The fourth-order valence-corrected chi connectivity index (χ4v) is 4.51. The van der Waals surface area contributed by atoms with Crippen LogP contribution in [0.2, 0.25) is 0 Å². The van der Waals surface area contributed by atoms with Crippen molar-refractivity contribution in [1.82, 2.24) is 5.32 Å². The van der Waals surface area contributed by atoms with Gasteiger partial charge in [0.25, 0.3) is 10.0 Å². The summed E-state index contributed by atoms with van der Waals surface area (Å²) in [4.78, 5) is 24.8. The Kier molecular flexibility index (Phi) is 6.22. The minimum Gasteiger partial charge on any atom is -0.465 e. The number of hydrogen-bond donors (Lipinski definition) is 2. The molecule has 0 unspecified atom stereocenters. The van der Waals surface area contributed by atoms with E-state index in [1.54, 1.807) is 32.2 Å². The predicted octanol–water partition coefficient (Wildman–Crippen LogP) is 2.50. The molecule has 2 rings (SSSR count). The molecule has 0 spiro atoms. The number of nitrogens with one attached hydrogen (secondary N) is 2. The van der Waals surface area contributed by atoms with Crippen LogP contribution >= 0.6 is 11.3 Å². The van der Waals surface area contributed by atoms with Gasteiger partial charge in [0.15, 0.2) is 0 Å². The number of sulfonamides is 1. The fraction of sp³-hybridized carbons (Fsp3) is 0.250. The van der Waals surface area contributed by atoms with Gasteiger partial charge in [0.2, 0.25) is 0 Å². The highest BCUT2D eigenvalue weighted by Crippen LogP contribution is 2.26. The summed E-state index contributed by atoms with van der Waals surface area (Å²) in [6.07, 6.45) is 0. The Balaban J connectivity index is 2.28. The van der Waals surface area contributed by atoms with E-state index in [0.717, 1.165) is 11.3 Å². The van der Waals surface area contributed by atoms with Crippen LogP contribution in [0, 0.1) is 0 Å². The molecule has 0 saturated carbocycles. The number of methoxy groups -OCH3 is 1. The van der Waals surface area contributed by atoms with Crippen molar-refractivity contribution in [3.05, 3.63) is 40.6 Å². The van der Waals surface area contributed by atoms with Gasteiger partial charge in [-0.15, -0.1) is 11.3 Å². The lowest BCUT2D eigenvalue weighted by Gasteiger charge is -2.18. The summed E-state index contributed by atoms with van der Waals surface area (Å²) in [5.41, 5.74) is 0.773. The third-order valence-electron chi connectivity index (χ3n) is 3.41. The van der Waals surface area contributed by atoms with Crippen molar-refractivity contribution >= 4 is 44.7 Å². The van der Waals surface area contributed by atoms with E-state index in [0.29, 0.717) is 12.2 Å². The number of rotatable bonds is 6. The van der Waals surface area contributed by atoms with E-state index in [9.17, 15) is 18.0 Å². The highest BCUT2D eigenvalue weighted by Gasteiger charge is 2.25. The fourth-order valence-electron chi connectivity index (χ4n) is 2.13. The van der Waals surface area contributed by atoms with Gasteiger partial charge in [-0.05, 0) is 36.6 Å². The molecule has 140 valence electrons. The Bertz CT molecular complexity index is 908. The Morgan fingerprint density at radius 1 is 1.27 bits per heavy atom. The molecule has 1 aromatic heterocycles. The maximum Gasteiger partial charge on any atom is 0.349 e. The summed E-state index contributed by atoms with van der Waals surface area (Å²) < 4.78 is 32.3. The average Bonchev–Trinajstić information content (AvgIpc) is 3.11. The van der Waals surface area contributed by atoms with Gasteiger partial charge >= 0.3 is 12.0 Å². The van der Waals surface area contributed by atoms with E-state index < -0.39 is 16.0 Å². The molecule has 0 aliphatic rings. The highest BCUT2D eigenvalue weighted by atomic mass is 32.2. The molecule has 0 bridgehead atoms. The minimum absolute atomic E-state index is 0.00408. The largest absolute Gasteiger partial charge is 0.465 e. The first kappa shape index (κ1) is 19.7. The second kappa shape index (κ2) is 8.19. The molecule has 0 saturated heterocycles. The SMILES string of the molecule is CCNC(=O)N(C)c1cccc(NS(=O)(=O)c2ccsc2C(=O)OC)c1. The van der Waals surface area contributed by atoms with Crippen molar-refractivity contribution in [1.29, 1.82) is 0 Å². The molecule has 2 aromatic rings. The molecule has 0 radical (unpaired) electrons. The molecule has 1 heterocycles. The number of nitrogens with zero attached hydrogens (tertiary/aromatic N) is 1. The van der Waals surface area contributed by atoms with E-state index in [1.807, 2.05) is 0 Å². The zero-order valence-corrected chi connectivity index (χ0v) is 16.1. The van der Waals surface area contributed by atoms with Crippen LogP contribution in [0.25, 0.3) is 0 Å². The molecule has 0 aliphatic heterocycles. The second-order valence-corrected chi connectivity index (χ2v) is 7.72. The molecule has 0 atom stereocenters. The smallest absolute Gasteiger partial charge is 0.349 e. The molecule has 26 heavy (non-hydrogen) atoms. The molecular formula is C16H19N3O5S2. The Hall–Kier alpha value is -2.59. The highest BCUT2D eigenvalue weighted by molar-refractivity contribution is 7.93. The van der Waals surface area contributed by atoms with Crippen LogP contribution in [0.3, 0.4) is 0 Å². The lowest BCUT2D eigenvalue weighted by atomic mass is 10.2. The maximum atomic E-state index is 12.6. The van der Waals surface area contributed by atoms with E-state index in [1.165, 1.54) is 29.5 Å². The third-order valence-corrected chi connectivity index (χ3v) is 5.86. The summed E-state index contributed by atoms with van der Waals surface area (Å²) in [7, 11) is -1.22. The molecule has 8 nitrogen and oxygen atoms in total. The third kappa shape index (κ3) is 4.33. The summed E-state index contributed by atoms with van der Waals surface area (Å²) in [5.74, 6) is -0.718. The minimum atomic E-state index is -3.99. The van der Waals surface area contributed by atoms with E-state index >= 15 is 0 Å². The van der Waals surface area contributed by atoms with E-state index in [-0.39, 0.29) is 21.5 Å². The Labute approximate surface area is 155 Å². The van der Waals surface area contributed by atoms with Crippen LogP contribution < -0.4 is 14.9 Å². The normalized spacial score (nSPS) is 10.9. The number of carbonyl (C=O) groups is 2. The van der Waals surface area contributed by atoms with Gasteiger partial charge in [0.05, 0.1) is 12.8 Å². The number of carbonyl (C=O) groups excluding carboxylic acids is 2. The summed E-state index contributed by atoms with van der Waals surface area (Å²) in [6.45, 7) is 2.28. The van der Waals surface area contributed by atoms with Gasteiger partial charge in [-0.2, -0.15) is 0 Å². The number of amides is 2. The quantitative estimate of drug-likeness (QED) is 0.729. The first-order chi connectivity index (χ1) is 12.3. The monoisotopic (exact) mass is 397 g/mol. The van der Waals surface area contributed by atoms with Crippen molar-refractivity contribution in [2.45, 2.75) is 11.8 Å². The number of ether oxygens (including phenoxy) is 1. The van der Waals surface area contributed by atoms with Gasteiger partial charge in [-0.3, -0.25) is 9.62 Å². The van der Waals surface area contributed by atoms with Crippen molar-refractivity contribution in [2.75, 3.05) is 30.3 Å². The molecule has 2 N–H and O–H groups in total. The molecule has 0 fully saturated rings. The molecule has 2 amide bonds. The van der Waals surface area contributed by atoms with Crippen molar-refractivity contribution in [2.24, 2.45) is 0 Å². The van der Waals surface area contributed by atoms with E-state index in [4.69, 9.17) is 0 Å². The number of hydrogen-bond acceptors (Lipinski definition) is 6. The number of esters is 1. The lowest BCUT2D eigenvalue weighted by molar-refractivity contribution is 0.0602. The van der Waals surface area contributed by atoms with Gasteiger partial charge in [-0.25, -0.2) is 18.0 Å². The van der Waals surface area contributed by atoms with Gasteiger partial charge in [0, 0.05) is 19.3 Å². The Morgan fingerprint density at radius 3 is 2.65 bits per heavy atom. The lowest BCUT2D eigenvalue weighted by Crippen LogP contribution is -2.37. The van der Waals surface area contributed by atoms with Crippen molar-refractivity contribution in [3.63, 3.8) is 0 Å². The van der Waals surface area contributed by atoms with Crippen LogP contribution in [0.5, 0.6) is 0 Å². The van der Waals surface area contributed by atoms with Gasteiger partial charge in [0.1, 0.15) is 9.77 Å². The van der Waals surface area contributed by atoms with Crippen LogP contribution in [0.1, 0.15) is 16.6 Å². The zero-order valence-electron chi connectivity index (χ0n) is 14.5. The molecule has 0 aliphatic carbocycles. The summed E-state index contributed by atoms with van der Waals surface area (Å²) in [5, 5.41) is 4.16. The number of anilines is 2. The van der Waals surface area contributed by atoms with Gasteiger partial charge in [-0.1, -0.05) is 6.07 Å². The number of urea groups is 1. The van der Waals surface area contributed by atoms with Gasteiger partial charge < -0.3 is 10.1 Å². The summed E-state index contributed by atoms with van der Waals surface area (Å²) >= 11 is 0.982. The van der Waals surface area contributed by atoms with Crippen LogP contribution in [0.15, 0.2) is 40.6 Å². The maximum absolute atomic E-state index is 12.6. The number of thiophene rings is 1. The van der Waals surface area contributed by atoms with Crippen molar-refractivity contribution < 1.29 is 22.7 Å². The van der Waals surface area contributed by atoms with Crippen molar-refractivity contribution in [3.8, 4) is 0 Å². The predicted molar refractivity (Wildman–Crippen MR) is 100 cm³/mol. The van der Waals surface area contributed by atoms with Crippen LogP contribution in [-0.4, -0.2) is 41.1 Å². The molecule has 10 heteroatoms. The average molecular weight is 397 g/mol. The second-order valence-electron chi connectivity index (χ2n) is 5.16. The molecular weight excluding hydrogens is 378 g/mol. The standard InChI is InChI=1S/C16H19N3O5S2/c1-4-17-16(21)19(2)12-7-5-6-11(10-12)18-26(22,23)13-8-9-25-14(13)15(20)24-3/h5-10,18H,4H2,1-3H3,(H,17,21). The summed E-state index contributed by atoms with van der Waals surface area (Å²) in [6, 6.07) is 7.41. The topological polar surface area (TPSA) is 105 Å². The Morgan fingerprint density at radius 2 is 2.00 bits per heavy atom. The van der Waals surface area contributed by atoms with E-state index in [2.05, 4.69) is 14.8 Å². The molecule has 1 aromatic carbocycles. The first-order valence-electron chi connectivity index (χ1n) is 7.60. The number of benzene rings is 1. The zero-order chi connectivity index (χ0) is 19.3. The van der Waals surface area contributed by atoms with Crippen LogP contribution in [-0.2, 0) is 14.8 Å².